The summed E-state index contributed by atoms with van der Waals surface area (Å²) >= 11 is 0. The third-order valence-electron chi connectivity index (χ3n) is 2.95. The van der Waals surface area contributed by atoms with E-state index in [0.29, 0.717) is 5.56 Å². The Bertz CT molecular complexity index is 696. The lowest BCUT2D eigenvalue weighted by molar-refractivity contribution is -0.137. The molecule has 0 atom stereocenters. The lowest BCUT2D eigenvalue weighted by Gasteiger charge is -2.12. The number of benzene rings is 2. The summed E-state index contributed by atoms with van der Waals surface area (Å²) in [6, 6.07) is 8.87. The minimum absolute atomic E-state index is 0.00231. The summed E-state index contributed by atoms with van der Waals surface area (Å²) < 4.78 is 52.2. The molecule has 0 radical (unpaired) electrons. The van der Waals surface area contributed by atoms with Crippen molar-refractivity contribution in [1.82, 2.24) is 0 Å². The first kappa shape index (κ1) is 14.1. The summed E-state index contributed by atoms with van der Waals surface area (Å²) in [5.74, 6) is -0.622. The van der Waals surface area contributed by atoms with E-state index >= 15 is 0 Å². The molecule has 0 unspecified atom stereocenters. The molecule has 2 rings (SSSR count). The number of nitriles is 1. The Morgan fingerprint density at radius 3 is 2.35 bits per heavy atom. The first-order chi connectivity index (χ1) is 9.34. The molecule has 5 heteroatoms. The van der Waals surface area contributed by atoms with Gasteiger partial charge in [0.15, 0.2) is 0 Å². The van der Waals surface area contributed by atoms with Crippen LogP contribution in [0.1, 0.15) is 16.7 Å². The van der Waals surface area contributed by atoms with E-state index in [1.807, 2.05) is 0 Å². The van der Waals surface area contributed by atoms with Crippen molar-refractivity contribution in [3.63, 3.8) is 0 Å². The summed E-state index contributed by atoms with van der Waals surface area (Å²) in [6.07, 6.45) is -4.54. The fourth-order valence-corrected chi connectivity index (χ4v) is 1.90. The van der Waals surface area contributed by atoms with Crippen LogP contribution in [0.15, 0.2) is 36.4 Å². The number of halogens is 4. The van der Waals surface area contributed by atoms with Crippen LogP contribution in [0.2, 0.25) is 0 Å². The van der Waals surface area contributed by atoms with Gasteiger partial charge in [-0.2, -0.15) is 18.4 Å². The second kappa shape index (κ2) is 4.97. The summed E-state index contributed by atoms with van der Waals surface area (Å²) in [7, 11) is 0. The highest BCUT2D eigenvalue weighted by atomic mass is 19.4. The Morgan fingerprint density at radius 2 is 1.75 bits per heavy atom. The van der Waals surface area contributed by atoms with Crippen LogP contribution in [-0.2, 0) is 6.18 Å². The predicted molar refractivity (Wildman–Crippen MR) is 66.3 cm³/mol. The third kappa shape index (κ3) is 2.50. The van der Waals surface area contributed by atoms with Crippen molar-refractivity contribution in [3.8, 4) is 17.2 Å². The number of hydrogen-bond acceptors (Lipinski definition) is 1. The van der Waals surface area contributed by atoms with Gasteiger partial charge in [-0.1, -0.05) is 18.2 Å². The first-order valence-corrected chi connectivity index (χ1v) is 5.71. The maximum Gasteiger partial charge on any atom is 0.416 e. The molecule has 102 valence electrons. The van der Waals surface area contributed by atoms with E-state index < -0.39 is 17.6 Å². The van der Waals surface area contributed by atoms with Gasteiger partial charge >= 0.3 is 6.18 Å². The van der Waals surface area contributed by atoms with Crippen LogP contribution < -0.4 is 0 Å². The molecular weight excluding hydrogens is 270 g/mol. The molecular formula is C15H9F4N. The molecule has 1 nitrogen and oxygen atoms in total. The molecule has 2 aromatic rings. The maximum atomic E-state index is 14.0. The molecule has 0 fully saturated rings. The van der Waals surface area contributed by atoms with E-state index in [2.05, 4.69) is 0 Å². The number of alkyl halides is 3. The number of nitrogens with zero attached hydrogens (tertiary/aromatic N) is 1. The van der Waals surface area contributed by atoms with Crippen LogP contribution in [0.25, 0.3) is 11.1 Å². The molecule has 0 N–H and O–H groups in total. The fraction of sp³-hybridized carbons (Fsp3) is 0.133. The van der Waals surface area contributed by atoms with Crippen LogP contribution >= 0.6 is 0 Å². The SMILES string of the molecule is Cc1cccc(-c2cc(C(F)(F)F)ccc2C#N)c1F. The highest BCUT2D eigenvalue weighted by molar-refractivity contribution is 5.72. The second-order valence-corrected chi connectivity index (χ2v) is 4.31. The first-order valence-electron chi connectivity index (χ1n) is 5.71. The predicted octanol–water partition coefficient (Wildman–Crippen LogP) is 4.69. The van der Waals surface area contributed by atoms with Crippen molar-refractivity contribution in [1.29, 1.82) is 5.26 Å². The van der Waals surface area contributed by atoms with Crippen molar-refractivity contribution >= 4 is 0 Å². The van der Waals surface area contributed by atoms with Gasteiger partial charge in [0.2, 0.25) is 0 Å². The second-order valence-electron chi connectivity index (χ2n) is 4.31. The summed E-state index contributed by atoms with van der Waals surface area (Å²) in [5.41, 5.74) is -0.658. The monoisotopic (exact) mass is 279 g/mol. The normalized spacial score (nSPS) is 11.2. The van der Waals surface area contributed by atoms with Crippen LogP contribution in [0.4, 0.5) is 17.6 Å². The number of rotatable bonds is 1. The zero-order chi connectivity index (χ0) is 14.9. The number of hydrogen-bond donors (Lipinski definition) is 0. The van der Waals surface area contributed by atoms with Gasteiger partial charge in [0, 0.05) is 11.1 Å². The highest BCUT2D eigenvalue weighted by Crippen LogP contribution is 2.35. The molecule has 0 aliphatic rings. The summed E-state index contributed by atoms with van der Waals surface area (Å²) in [4.78, 5) is 0. The van der Waals surface area contributed by atoms with E-state index in [1.54, 1.807) is 6.07 Å². The molecule has 0 bridgehead atoms. The van der Waals surface area contributed by atoms with Crippen molar-refractivity contribution < 1.29 is 17.6 Å². The molecule has 0 aromatic heterocycles. The molecule has 20 heavy (non-hydrogen) atoms. The van der Waals surface area contributed by atoms with Crippen LogP contribution in [-0.4, -0.2) is 0 Å². The fourth-order valence-electron chi connectivity index (χ4n) is 1.90. The quantitative estimate of drug-likeness (QED) is 0.694. The van der Waals surface area contributed by atoms with Gasteiger partial charge in [-0.3, -0.25) is 0 Å². The van der Waals surface area contributed by atoms with Crippen molar-refractivity contribution in [2.24, 2.45) is 0 Å². The Hall–Kier alpha value is -2.35. The van der Waals surface area contributed by atoms with Crippen molar-refractivity contribution in [2.45, 2.75) is 13.1 Å². The van der Waals surface area contributed by atoms with Crippen molar-refractivity contribution in [3.05, 3.63) is 58.9 Å². The molecule has 0 spiro atoms. The lowest BCUT2D eigenvalue weighted by Crippen LogP contribution is -2.05. The zero-order valence-corrected chi connectivity index (χ0v) is 10.4. The molecule has 0 aliphatic carbocycles. The van der Waals surface area contributed by atoms with E-state index in [4.69, 9.17) is 5.26 Å². The molecule has 0 amide bonds. The molecule has 2 aromatic carbocycles. The van der Waals surface area contributed by atoms with E-state index in [9.17, 15) is 17.6 Å². The van der Waals surface area contributed by atoms with Crippen LogP contribution in [0.3, 0.4) is 0 Å². The molecule has 0 heterocycles. The largest absolute Gasteiger partial charge is 0.416 e. The average molecular weight is 279 g/mol. The van der Waals surface area contributed by atoms with E-state index in [1.165, 1.54) is 25.1 Å². The topological polar surface area (TPSA) is 23.8 Å². The highest BCUT2D eigenvalue weighted by Gasteiger charge is 2.31. The van der Waals surface area contributed by atoms with Gasteiger partial charge in [-0.25, -0.2) is 4.39 Å². The summed E-state index contributed by atoms with van der Waals surface area (Å²) in [6.45, 7) is 1.51. The van der Waals surface area contributed by atoms with E-state index in [0.717, 1.165) is 18.2 Å². The zero-order valence-electron chi connectivity index (χ0n) is 10.4. The van der Waals surface area contributed by atoms with Gasteiger partial charge in [0.25, 0.3) is 0 Å². The Kier molecular flexibility index (Phi) is 3.49. The average Bonchev–Trinajstić information content (AvgIpc) is 2.40. The Balaban J connectivity index is 2.72. The molecule has 0 saturated carbocycles. The van der Waals surface area contributed by atoms with Gasteiger partial charge in [-0.15, -0.1) is 0 Å². The smallest absolute Gasteiger partial charge is 0.206 e. The van der Waals surface area contributed by atoms with Crippen LogP contribution in [0, 0.1) is 24.1 Å². The molecule has 0 saturated heterocycles. The minimum atomic E-state index is -4.54. The lowest BCUT2D eigenvalue weighted by atomic mass is 9.96. The Labute approximate surface area is 113 Å². The number of aryl methyl sites for hydroxylation is 1. The standard InChI is InChI=1S/C15H9F4N/c1-9-3-2-4-12(14(9)16)13-7-11(15(17,18)19)6-5-10(13)8-20/h2-7H,1H3. The summed E-state index contributed by atoms with van der Waals surface area (Å²) in [5, 5.41) is 8.98. The van der Waals surface area contributed by atoms with Gasteiger partial charge in [0.05, 0.1) is 17.2 Å². The third-order valence-corrected chi connectivity index (χ3v) is 2.95. The minimum Gasteiger partial charge on any atom is -0.206 e. The maximum absolute atomic E-state index is 14.0. The molecule has 0 aliphatic heterocycles. The Morgan fingerprint density at radius 1 is 1.05 bits per heavy atom. The van der Waals surface area contributed by atoms with Crippen molar-refractivity contribution in [2.75, 3.05) is 0 Å². The van der Waals surface area contributed by atoms with Gasteiger partial charge < -0.3 is 0 Å². The van der Waals surface area contributed by atoms with Crippen LogP contribution in [0.5, 0.6) is 0 Å². The van der Waals surface area contributed by atoms with Gasteiger partial charge in [0.1, 0.15) is 5.82 Å². The van der Waals surface area contributed by atoms with E-state index in [-0.39, 0.29) is 16.7 Å². The van der Waals surface area contributed by atoms with Gasteiger partial charge in [-0.05, 0) is 30.7 Å².